The monoisotopic (exact) mass is 502 g/mol. The largest absolute Gasteiger partial charge is 0.483 e. The van der Waals surface area contributed by atoms with Crippen LogP contribution in [0.1, 0.15) is 0 Å². The lowest BCUT2D eigenvalue weighted by molar-refractivity contribution is -0.121. The molecule has 0 bridgehead atoms. The predicted molar refractivity (Wildman–Crippen MR) is 116 cm³/mol. The Bertz CT molecular complexity index is 1300. The first-order valence-corrected chi connectivity index (χ1v) is 12.1. The van der Waals surface area contributed by atoms with Crippen molar-refractivity contribution < 1.29 is 17.9 Å². The summed E-state index contributed by atoms with van der Waals surface area (Å²) >= 11 is 13.7. The fourth-order valence-electron chi connectivity index (χ4n) is 2.56. The Morgan fingerprint density at radius 2 is 2.13 bits per heavy atom. The third-order valence-electron chi connectivity index (χ3n) is 3.81. The zero-order valence-electron chi connectivity index (χ0n) is 14.8. The molecule has 0 atom stereocenters. The number of amides is 1. The number of carbonyl (C=O) groups is 1. The molecule has 0 saturated heterocycles. The highest BCUT2D eigenvalue weighted by Crippen LogP contribution is 2.37. The molecule has 30 heavy (non-hydrogen) atoms. The summed E-state index contributed by atoms with van der Waals surface area (Å²) in [5.74, 6) is -0.402. The van der Waals surface area contributed by atoms with E-state index >= 15 is 0 Å². The number of hydrogen-bond acceptors (Lipinski definition) is 7. The van der Waals surface area contributed by atoms with Crippen LogP contribution in [0.5, 0.6) is 5.75 Å². The van der Waals surface area contributed by atoms with Gasteiger partial charge in [-0.05, 0) is 30.0 Å². The van der Waals surface area contributed by atoms with Gasteiger partial charge in [0.25, 0.3) is 15.9 Å². The fraction of sp³-hybridized carbons (Fsp3) is 0.0588. The molecular formula is C17H12Cl2N4O4S3. The highest BCUT2D eigenvalue weighted by atomic mass is 35.5. The molecule has 1 amide bonds. The second kappa shape index (κ2) is 8.52. The van der Waals surface area contributed by atoms with Gasteiger partial charge in [0.15, 0.2) is 11.8 Å². The van der Waals surface area contributed by atoms with Gasteiger partial charge in [-0.3, -0.25) is 4.79 Å². The quantitative estimate of drug-likeness (QED) is 0.346. The Hall–Kier alpha value is -2.18. The molecule has 0 saturated carbocycles. The topological polar surface area (TPSA) is 117 Å². The number of H-pyrrole nitrogens is 2. The van der Waals surface area contributed by atoms with Crippen molar-refractivity contribution in [2.45, 2.75) is 14.3 Å². The molecule has 156 valence electrons. The van der Waals surface area contributed by atoms with Crippen LogP contribution < -0.4 is 9.46 Å². The fourth-order valence-corrected chi connectivity index (χ4v) is 6.30. The van der Waals surface area contributed by atoms with Gasteiger partial charge in [-0.15, -0.1) is 11.3 Å². The summed E-state index contributed by atoms with van der Waals surface area (Å²) in [5, 5.41) is 1.56. The van der Waals surface area contributed by atoms with Crippen LogP contribution in [0, 0.1) is 0 Å². The molecule has 8 nitrogen and oxygen atoms in total. The number of imidazole rings is 1. The first kappa shape index (κ1) is 21.1. The molecule has 0 aliphatic carbocycles. The van der Waals surface area contributed by atoms with E-state index in [0.29, 0.717) is 10.9 Å². The number of benzene rings is 1. The SMILES string of the molecule is O=C(COc1cccc2[nH]cc(Sc3ncc[nH]3)c12)NS(=O)(=O)c1cc(Cl)c(Cl)s1. The standard InChI is InChI=1S/C17H12Cl2N4O4S3/c18-9-6-14(29-16(9)19)30(25,26)23-13(24)8-27-11-3-1-2-10-15(11)12(7-22-10)28-17-20-4-5-21-17/h1-7,22H,8H2,(H,20,21)(H,23,24). The molecule has 13 heteroatoms. The summed E-state index contributed by atoms with van der Waals surface area (Å²) in [6.07, 6.45) is 5.17. The minimum Gasteiger partial charge on any atom is -0.483 e. The number of nitrogens with one attached hydrogen (secondary N) is 3. The second-order valence-corrected chi connectivity index (χ2v) is 10.8. The molecule has 0 radical (unpaired) electrons. The van der Waals surface area contributed by atoms with Crippen LogP contribution in [0.3, 0.4) is 0 Å². The Morgan fingerprint density at radius 3 is 2.83 bits per heavy atom. The van der Waals surface area contributed by atoms with Crippen LogP contribution in [-0.2, 0) is 14.8 Å². The zero-order chi connectivity index (χ0) is 21.3. The number of ether oxygens (including phenoxy) is 1. The van der Waals surface area contributed by atoms with Gasteiger partial charge < -0.3 is 14.7 Å². The van der Waals surface area contributed by atoms with E-state index in [9.17, 15) is 13.2 Å². The van der Waals surface area contributed by atoms with E-state index < -0.39 is 22.5 Å². The van der Waals surface area contributed by atoms with Gasteiger partial charge in [0.05, 0.1) is 15.9 Å². The van der Waals surface area contributed by atoms with E-state index in [2.05, 4.69) is 15.0 Å². The highest BCUT2D eigenvalue weighted by Gasteiger charge is 2.22. The van der Waals surface area contributed by atoms with Crippen LogP contribution in [-0.4, -0.2) is 35.9 Å². The third-order valence-corrected chi connectivity index (χ3v) is 8.48. The van der Waals surface area contributed by atoms with Crippen molar-refractivity contribution >= 4 is 73.1 Å². The molecule has 0 aliphatic rings. The molecule has 3 heterocycles. The van der Waals surface area contributed by atoms with Gasteiger partial charge in [0, 0.05) is 23.5 Å². The number of sulfonamides is 1. The maximum Gasteiger partial charge on any atom is 0.273 e. The van der Waals surface area contributed by atoms with Crippen molar-refractivity contribution in [2.75, 3.05) is 6.61 Å². The highest BCUT2D eigenvalue weighted by molar-refractivity contribution is 7.99. The van der Waals surface area contributed by atoms with Crippen LogP contribution in [0.15, 0.2) is 57.1 Å². The minimum absolute atomic E-state index is 0.103. The maximum absolute atomic E-state index is 12.3. The molecule has 4 aromatic rings. The van der Waals surface area contributed by atoms with E-state index in [-0.39, 0.29) is 13.6 Å². The average Bonchev–Trinajstić information content (AvgIpc) is 3.43. The van der Waals surface area contributed by atoms with Crippen LogP contribution in [0.2, 0.25) is 9.36 Å². The lowest BCUT2D eigenvalue weighted by Crippen LogP contribution is -2.34. The van der Waals surface area contributed by atoms with Crippen molar-refractivity contribution in [1.29, 1.82) is 0 Å². The molecule has 0 spiro atoms. The van der Waals surface area contributed by atoms with Gasteiger partial charge in [0.1, 0.15) is 14.3 Å². The predicted octanol–water partition coefficient (Wildman–Crippen LogP) is 4.29. The van der Waals surface area contributed by atoms with Crippen LogP contribution in [0.4, 0.5) is 0 Å². The van der Waals surface area contributed by atoms with Gasteiger partial charge in [-0.1, -0.05) is 29.3 Å². The number of aromatic amines is 2. The summed E-state index contributed by atoms with van der Waals surface area (Å²) in [5.41, 5.74) is 0.803. The van der Waals surface area contributed by atoms with Gasteiger partial charge in [0.2, 0.25) is 0 Å². The molecule has 0 fully saturated rings. The van der Waals surface area contributed by atoms with Crippen molar-refractivity contribution in [3.63, 3.8) is 0 Å². The van der Waals surface area contributed by atoms with E-state index in [4.69, 9.17) is 27.9 Å². The van der Waals surface area contributed by atoms with Crippen molar-refractivity contribution in [1.82, 2.24) is 19.7 Å². The number of hydrogen-bond donors (Lipinski definition) is 3. The van der Waals surface area contributed by atoms with Crippen LogP contribution >= 0.6 is 46.3 Å². The third kappa shape index (κ3) is 4.44. The number of carbonyl (C=O) groups excluding carboxylic acids is 1. The van der Waals surface area contributed by atoms with Crippen molar-refractivity contribution in [3.05, 3.63) is 52.2 Å². The molecule has 0 aliphatic heterocycles. The summed E-state index contributed by atoms with van der Waals surface area (Å²) in [6.45, 7) is -0.499. The lowest BCUT2D eigenvalue weighted by Gasteiger charge is -2.09. The smallest absolute Gasteiger partial charge is 0.273 e. The molecule has 3 aromatic heterocycles. The molecule has 3 N–H and O–H groups in total. The number of halogens is 2. The van der Waals surface area contributed by atoms with Gasteiger partial charge in [-0.2, -0.15) is 0 Å². The van der Waals surface area contributed by atoms with Crippen molar-refractivity contribution in [3.8, 4) is 5.75 Å². The first-order chi connectivity index (χ1) is 14.3. The summed E-state index contributed by atoms with van der Waals surface area (Å²) in [7, 11) is -4.09. The molecule has 4 rings (SSSR count). The average molecular weight is 503 g/mol. The summed E-state index contributed by atoms with van der Waals surface area (Å²) in [4.78, 5) is 23.4. The van der Waals surface area contributed by atoms with E-state index in [1.165, 1.54) is 17.8 Å². The zero-order valence-corrected chi connectivity index (χ0v) is 18.8. The maximum atomic E-state index is 12.3. The number of rotatable bonds is 7. The van der Waals surface area contributed by atoms with E-state index in [0.717, 1.165) is 27.1 Å². The first-order valence-electron chi connectivity index (χ1n) is 8.24. The molecule has 1 aromatic carbocycles. The van der Waals surface area contributed by atoms with E-state index in [1.54, 1.807) is 30.7 Å². The summed E-state index contributed by atoms with van der Waals surface area (Å²) in [6, 6.07) is 6.51. The summed E-state index contributed by atoms with van der Waals surface area (Å²) < 4.78 is 32.2. The Labute approximate surface area is 189 Å². The lowest BCUT2D eigenvalue weighted by atomic mass is 10.2. The van der Waals surface area contributed by atoms with Gasteiger partial charge >= 0.3 is 0 Å². The Balaban J connectivity index is 1.49. The number of fused-ring (bicyclic) bond motifs is 1. The van der Waals surface area contributed by atoms with Crippen molar-refractivity contribution in [2.24, 2.45) is 0 Å². The Kier molecular flexibility index (Phi) is 5.98. The molecule has 0 unspecified atom stereocenters. The van der Waals surface area contributed by atoms with Crippen LogP contribution in [0.25, 0.3) is 10.9 Å². The number of nitrogens with zero attached hydrogens (tertiary/aromatic N) is 1. The minimum atomic E-state index is -4.09. The van der Waals surface area contributed by atoms with Gasteiger partial charge in [-0.25, -0.2) is 18.1 Å². The Morgan fingerprint density at radius 1 is 1.30 bits per heavy atom. The van der Waals surface area contributed by atoms with E-state index in [1.807, 2.05) is 10.8 Å². The molecular weight excluding hydrogens is 491 g/mol. The normalized spacial score (nSPS) is 11.7. The second-order valence-electron chi connectivity index (χ2n) is 5.83. The number of aromatic nitrogens is 3. The number of thiophene rings is 1.